The minimum atomic E-state index is -1.93. The lowest BCUT2D eigenvalue weighted by Crippen LogP contribution is -2.44. The molecular formula is C26H27FN4O5S. The predicted molar refractivity (Wildman–Crippen MR) is 138 cm³/mol. The van der Waals surface area contributed by atoms with Gasteiger partial charge in [0.25, 0.3) is 5.56 Å². The van der Waals surface area contributed by atoms with E-state index in [-0.39, 0.29) is 54.6 Å². The van der Waals surface area contributed by atoms with Crippen molar-refractivity contribution in [2.24, 2.45) is 0 Å². The Balaban J connectivity index is 1.59. The van der Waals surface area contributed by atoms with Crippen molar-refractivity contribution in [3.05, 3.63) is 56.6 Å². The fraction of sp³-hybridized carbons (Fsp3) is 0.423. The number of fused-ring (bicyclic) bond motifs is 5. The molecule has 3 aliphatic rings. The predicted octanol–water partition coefficient (Wildman–Crippen LogP) is 1.71. The number of ether oxygens (including phenoxy) is 1. The lowest BCUT2D eigenvalue weighted by Gasteiger charge is -2.35. The van der Waals surface area contributed by atoms with E-state index in [0.717, 1.165) is 29.2 Å². The van der Waals surface area contributed by atoms with Crippen molar-refractivity contribution < 1.29 is 24.1 Å². The molecule has 0 bridgehead atoms. The summed E-state index contributed by atoms with van der Waals surface area (Å²) in [6.45, 7) is 2.94. The number of benzene rings is 1. The summed E-state index contributed by atoms with van der Waals surface area (Å²) in [5, 5.41) is 21.8. The summed E-state index contributed by atoms with van der Waals surface area (Å²) in [7, 11) is 0. The van der Waals surface area contributed by atoms with Gasteiger partial charge in [0.2, 0.25) is 0 Å². The summed E-state index contributed by atoms with van der Waals surface area (Å²) in [5.41, 5.74) is 7.21. The molecule has 1 unspecified atom stereocenters. The van der Waals surface area contributed by atoms with Gasteiger partial charge in [-0.05, 0) is 24.1 Å². The Labute approximate surface area is 216 Å². The average Bonchev–Trinajstić information content (AvgIpc) is 3.26. The molecule has 2 aromatic heterocycles. The molecule has 1 saturated heterocycles. The minimum absolute atomic E-state index is 0.00946. The molecule has 1 fully saturated rings. The highest BCUT2D eigenvalue weighted by Gasteiger charge is 2.45. The van der Waals surface area contributed by atoms with E-state index in [0.29, 0.717) is 28.8 Å². The van der Waals surface area contributed by atoms with Gasteiger partial charge < -0.3 is 25.3 Å². The topological polar surface area (TPSA) is 131 Å². The van der Waals surface area contributed by atoms with Gasteiger partial charge in [0.05, 0.1) is 41.3 Å². The van der Waals surface area contributed by atoms with Gasteiger partial charge in [-0.25, -0.2) is 14.2 Å². The van der Waals surface area contributed by atoms with E-state index in [1.54, 1.807) is 35.4 Å². The van der Waals surface area contributed by atoms with E-state index in [9.17, 15) is 24.2 Å². The van der Waals surface area contributed by atoms with Gasteiger partial charge in [0, 0.05) is 53.2 Å². The van der Waals surface area contributed by atoms with Crippen LogP contribution in [0.3, 0.4) is 0 Å². The van der Waals surface area contributed by atoms with Gasteiger partial charge >= 0.3 is 5.97 Å². The molecule has 5 heterocycles. The number of nitrogens with two attached hydrogens (primary N) is 1. The molecule has 9 nitrogen and oxygen atoms in total. The van der Waals surface area contributed by atoms with E-state index in [4.69, 9.17) is 15.5 Å². The number of thioether (sulfide) groups is 1. The molecule has 0 saturated carbocycles. The first-order valence-electron chi connectivity index (χ1n) is 12.3. The summed E-state index contributed by atoms with van der Waals surface area (Å²) >= 11 is 1.79. The maximum Gasteiger partial charge on any atom is 0.343 e. The Bertz CT molecular complexity index is 1530. The van der Waals surface area contributed by atoms with Gasteiger partial charge in [-0.1, -0.05) is 6.92 Å². The molecule has 3 aromatic rings. The summed E-state index contributed by atoms with van der Waals surface area (Å²) in [5.74, 6) is 0.355. The van der Waals surface area contributed by atoms with Crippen molar-refractivity contribution >= 4 is 34.3 Å². The molecule has 1 aromatic carbocycles. The zero-order valence-corrected chi connectivity index (χ0v) is 21.1. The van der Waals surface area contributed by atoms with Gasteiger partial charge in [0.15, 0.2) is 5.60 Å². The van der Waals surface area contributed by atoms with Crippen LogP contribution in [0.15, 0.2) is 23.0 Å². The van der Waals surface area contributed by atoms with Crippen LogP contribution in [0.4, 0.5) is 10.1 Å². The van der Waals surface area contributed by atoms with Crippen LogP contribution >= 0.6 is 11.8 Å². The summed E-state index contributed by atoms with van der Waals surface area (Å²) in [6.07, 6.45) is 0.0466. The maximum absolute atomic E-state index is 14.5. The first-order chi connectivity index (χ1) is 17.8. The minimum Gasteiger partial charge on any atom is -0.458 e. The molecule has 2 atom stereocenters. The highest BCUT2D eigenvalue weighted by molar-refractivity contribution is 7.99. The highest BCUT2D eigenvalue weighted by atomic mass is 32.2. The van der Waals surface area contributed by atoms with Crippen LogP contribution in [0.2, 0.25) is 0 Å². The molecule has 194 valence electrons. The van der Waals surface area contributed by atoms with Crippen LogP contribution < -0.4 is 11.3 Å². The Morgan fingerprint density at radius 1 is 1.30 bits per heavy atom. The molecule has 0 spiro atoms. The third kappa shape index (κ3) is 3.59. The van der Waals surface area contributed by atoms with Crippen LogP contribution in [0.5, 0.6) is 0 Å². The number of nitrogen functional groups attached to an aromatic ring is 1. The van der Waals surface area contributed by atoms with Crippen LogP contribution in [-0.4, -0.2) is 61.3 Å². The SMILES string of the molecule is CC[C@@]1(O)C(=O)OCc2c1cc1n(c2=O)Cc2c-1nc1cc(F)c(N)cc1c2CN1CCSCC1CO. The highest BCUT2D eigenvalue weighted by Crippen LogP contribution is 2.41. The van der Waals surface area contributed by atoms with E-state index in [2.05, 4.69) is 4.90 Å². The number of carbonyl (C=O) groups is 1. The van der Waals surface area contributed by atoms with Gasteiger partial charge in [-0.2, -0.15) is 11.8 Å². The number of pyridine rings is 2. The molecule has 0 amide bonds. The van der Waals surface area contributed by atoms with Gasteiger partial charge in [0.1, 0.15) is 12.4 Å². The Morgan fingerprint density at radius 2 is 2.11 bits per heavy atom. The lowest BCUT2D eigenvalue weighted by molar-refractivity contribution is -0.172. The van der Waals surface area contributed by atoms with Crippen LogP contribution in [0, 0.1) is 5.82 Å². The fourth-order valence-electron chi connectivity index (χ4n) is 5.65. The van der Waals surface area contributed by atoms with Gasteiger partial charge in [-0.3, -0.25) is 9.69 Å². The third-order valence-electron chi connectivity index (χ3n) is 7.85. The summed E-state index contributed by atoms with van der Waals surface area (Å²) in [6, 6.07) is 4.50. The quantitative estimate of drug-likeness (QED) is 0.269. The first kappa shape index (κ1) is 24.4. The van der Waals surface area contributed by atoms with Crippen molar-refractivity contribution in [3.63, 3.8) is 0 Å². The molecule has 37 heavy (non-hydrogen) atoms. The number of esters is 1. The number of halogens is 1. The van der Waals surface area contributed by atoms with E-state index < -0.39 is 17.4 Å². The number of nitrogens with zero attached hydrogens (tertiary/aromatic N) is 3. The molecule has 0 radical (unpaired) electrons. The van der Waals surface area contributed by atoms with Crippen molar-refractivity contribution in [2.75, 3.05) is 30.4 Å². The second-order valence-corrected chi connectivity index (χ2v) is 10.9. The second-order valence-electron chi connectivity index (χ2n) is 9.79. The third-order valence-corrected chi connectivity index (χ3v) is 8.94. The number of aliphatic hydroxyl groups excluding tert-OH is 1. The van der Waals surface area contributed by atoms with Crippen LogP contribution in [0.1, 0.15) is 35.6 Å². The van der Waals surface area contributed by atoms with E-state index in [1.165, 1.54) is 6.07 Å². The van der Waals surface area contributed by atoms with Crippen LogP contribution in [-0.2, 0) is 34.8 Å². The fourth-order valence-corrected chi connectivity index (χ4v) is 6.77. The molecule has 11 heteroatoms. The molecular weight excluding hydrogens is 499 g/mol. The first-order valence-corrected chi connectivity index (χ1v) is 13.4. The van der Waals surface area contributed by atoms with Crippen molar-refractivity contribution in [3.8, 4) is 11.4 Å². The number of carbonyl (C=O) groups excluding carboxylic acids is 1. The zero-order valence-electron chi connectivity index (χ0n) is 20.3. The maximum atomic E-state index is 14.5. The van der Waals surface area contributed by atoms with Crippen molar-refractivity contribution in [1.29, 1.82) is 0 Å². The Morgan fingerprint density at radius 3 is 2.86 bits per heavy atom. The van der Waals surface area contributed by atoms with Crippen LogP contribution in [0.25, 0.3) is 22.3 Å². The number of hydrogen-bond donors (Lipinski definition) is 3. The molecule has 6 rings (SSSR count). The van der Waals surface area contributed by atoms with Gasteiger partial charge in [-0.15, -0.1) is 0 Å². The average molecular weight is 527 g/mol. The smallest absolute Gasteiger partial charge is 0.343 e. The number of rotatable bonds is 4. The van der Waals surface area contributed by atoms with E-state index >= 15 is 0 Å². The molecule has 4 N–H and O–H groups in total. The Kier molecular flexibility index (Phi) is 5.79. The molecule has 3 aliphatic heterocycles. The second kappa shape index (κ2) is 8.80. The van der Waals surface area contributed by atoms with Crippen molar-refractivity contribution in [2.45, 2.75) is 44.7 Å². The number of anilines is 1. The number of aromatic nitrogens is 2. The number of hydrogen-bond acceptors (Lipinski definition) is 9. The summed E-state index contributed by atoms with van der Waals surface area (Å²) in [4.78, 5) is 33.0. The number of cyclic esters (lactones) is 1. The Hall–Kier alpha value is -2.99. The standard InChI is InChI=1S/C26H27FN4O5S/c1-2-26(35)18-6-22-23-16(9-31(22)24(33)17(18)11-36-25(26)34)15(8-30-3-4-37-12-13(30)10-32)14-5-20(28)19(27)7-21(14)29-23/h5-7,13,32,35H,2-4,8-12,28H2,1H3/t13?,26-/m0/s1. The van der Waals surface area contributed by atoms with E-state index in [1.807, 2.05) is 0 Å². The normalized spacial score (nSPS) is 23.0. The zero-order chi connectivity index (χ0) is 26.1. The molecule has 0 aliphatic carbocycles. The van der Waals surface area contributed by atoms with Crippen molar-refractivity contribution in [1.82, 2.24) is 14.5 Å². The number of aliphatic hydroxyl groups is 2. The largest absolute Gasteiger partial charge is 0.458 e. The monoisotopic (exact) mass is 526 g/mol. The summed E-state index contributed by atoms with van der Waals surface area (Å²) < 4.78 is 21.3. The lowest BCUT2D eigenvalue weighted by atomic mass is 9.86.